The van der Waals surface area contributed by atoms with Crippen molar-refractivity contribution in [1.82, 2.24) is 5.43 Å². The summed E-state index contributed by atoms with van der Waals surface area (Å²) in [5.74, 6) is 2.77. The first-order valence-electron chi connectivity index (χ1n) is 5.76. The van der Waals surface area contributed by atoms with Crippen LogP contribution in [0.5, 0.6) is 5.75 Å². The zero-order valence-electron chi connectivity index (χ0n) is 11.4. The summed E-state index contributed by atoms with van der Waals surface area (Å²) >= 11 is 0. The molecule has 0 atom stereocenters. The number of aldehydes is 1. The van der Waals surface area contributed by atoms with Gasteiger partial charge in [-0.2, -0.15) is 0 Å². The van der Waals surface area contributed by atoms with Gasteiger partial charge in [0, 0.05) is 5.56 Å². The number of nitrogen functional groups attached to an aromatic ring is 1. The molecule has 1 rings (SSSR count). The number of hydrogen-bond acceptors (Lipinski definition) is 6. The zero-order valence-corrected chi connectivity index (χ0v) is 11.4. The molecule has 0 radical (unpaired) electrons. The van der Waals surface area contributed by atoms with Crippen LogP contribution in [0.25, 0.3) is 0 Å². The number of amides is 1. The lowest BCUT2D eigenvalue weighted by molar-refractivity contribution is 0.00648. The number of ether oxygens (including phenoxy) is 1. The first-order valence-corrected chi connectivity index (χ1v) is 5.76. The summed E-state index contributed by atoms with van der Waals surface area (Å²) < 4.78 is 5.10. The van der Waals surface area contributed by atoms with Crippen LogP contribution in [0.4, 0.5) is 0 Å². The van der Waals surface area contributed by atoms with E-state index >= 15 is 0 Å². The van der Waals surface area contributed by atoms with Crippen molar-refractivity contribution in [2.24, 2.45) is 5.84 Å². The van der Waals surface area contributed by atoms with Gasteiger partial charge in [-0.1, -0.05) is 0 Å². The van der Waals surface area contributed by atoms with Crippen molar-refractivity contribution >= 4 is 18.2 Å². The summed E-state index contributed by atoms with van der Waals surface area (Å²) in [6.07, 6.45) is 0.387. The smallest absolute Gasteiger partial charge is 0.343 e. The lowest BCUT2D eigenvalue weighted by Gasteiger charge is -2.21. The Morgan fingerprint density at radius 1 is 1.30 bits per heavy atom. The Morgan fingerprint density at radius 2 is 1.90 bits per heavy atom. The minimum Gasteiger partial charge on any atom is -0.507 e. The molecule has 4 N–H and O–H groups in total. The van der Waals surface area contributed by atoms with E-state index in [-0.39, 0.29) is 11.1 Å². The molecule has 0 aliphatic rings. The van der Waals surface area contributed by atoms with Crippen LogP contribution in [0.2, 0.25) is 0 Å². The molecule has 0 bridgehead atoms. The van der Waals surface area contributed by atoms with Gasteiger partial charge in [0.1, 0.15) is 16.9 Å². The molecule has 7 heteroatoms. The van der Waals surface area contributed by atoms with Crippen molar-refractivity contribution in [1.29, 1.82) is 0 Å². The minimum atomic E-state index is -0.919. The summed E-state index contributed by atoms with van der Waals surface area (Å²) in [6, 6.07) is 2.34. The van der Waals surface area contributed by atoms with E-state index < -0.39 is 28.8 Å². The highest BCUT2D eigenvalue weighted by atomic mass is 16.6. The third kappa shape index (κ3) is 3.33. The number of hydrogen-bond donors (Lipinski definition) is 3. The molecule has 108 valence electrons. The Bertz CT molecular complexity index is 561. The van der Waals surface area contributed by atoms with Gasteiger partial charge >= 0.3 is 5.97 Å². The van der Waals surface area contributed by atoms with Gasteiger partial charge in [0.05, 0.1) is 5.56 Å². The first-order chi connectivity index (χ1) is 9.21. The molecule has 0 aliphatic heterocycles. The Hall–Kier alpha value is -2.41. The van der Waals surface area contributed by atoms with Gasteiger partial charge in [0.25, 0.3) is 5.91 Å². The first kappa shape index (κ1) is 15.6. The van der Waals surface area contributed by atoms with E-state index in [1.54, 1.807) is 20.8 Å². The molecule has 0 aromatic heterocycles. The van der Waals surface area contributed by atoms with E-state index in [9.17, 15) is 19.5 Å². The van der Waals surface area contributed by atoms with E-state index in [1.165, 1.54) is 6.07 Å². The zero-order chi connectivity index (χ0) is 15.5. The van der Waals surface area contributed by atoms with Crippen LogP contribution in [0.3, 0.4) is 0 Å². The Labute approximate surface area is 115 Å². The summed E-state index contributed by atoms with van der Waals surface area (Å²) in [5, 5.41) is 9.79. The number of benzene rings is 1. The maximum absolute atomic E-state index is 12.1. The van der Waals surface area contributed by atoms with E-state index in [1.807, 2.05) is 5.43 Å². The second-order valence-corrected chi connectivity index (χ2v) is 5.02. The quantitative estimate of drug-likeness (QED) is 0.247. The third-order valence-electron chi connectivity index (χ3n) is 2.30. The maximum atomic E-state index is 12.1. The number of nitrogens with one attached hydrogen (secondary N) is 1. The molecule has 0 aliphatic carbocycles. The van der Waals surface area contributed by atoms with Crippen molar-refractivity contribution < 1.29 is 24.2 Å². The third-order valence-corrected chi connectivity index (χ3v) is 2.30. The molecular formula is C13H16N2O5. The molecule has 1 aromatic carbocycles. The van der Waals surface area contributed by atoms with Crippen molar-refractivity contribution in [3.8, 4) is 5.75 Å². The number of carbonyl (C=O) groups excluding carboxylic acids is 3. The maximum Gasteiger partial charge on any atom is 0.343 e. The van der Waals surface area contributed by atoms with Crippen LogP contribution >= 0.6 is 0 Å². The number of phenols is 1. The number of esters is 1. The standard InChI is InChI=1S/C13H16N2O5/c1-13(2,3)20-12(19)10-8(17)5-4-7(6-16)9(10)11(18)15-14/h4-6,17H,14H2,1-3H3,(H,15,18). The highest BCUT2D eigenvalue weighted by Gasteiger charge is 2.28. The molecule has 7 nitrogen and oxygen atoms in total. The summed E-state index contributed by atoms with van der Waals surface area (Å²) in [6.45, 7) is 4.90. The topological polar surface area (TPSA) is 119 Å². The molecule has 1 aromatic rings. The average Bonchev–Trinajstić information content (AvgIpc) is 2.35. The van der Waals surface area contributed by atoms with Crippen LogP contribution in [0.15, 0.2) is 12.1 Å². The molecule has 0 spiro atoms. The fourth-order valence-electron chi connectivity index (χ4n) is 1.56. The van der Waals surface area contributed by atoms with E-state index in [0.29, 0.717) is 6.29 Å². The number of nitrogens with two attached hydrogens (primary N) is 1. The van der Waals surface area contributed by atoms with Gasteiger partial charge in [-0.05, 0) is 32.9 Å². The van der Waals surface area contributed by atoms with Crippen LogP contribution < -0.4 is 11.3 Å². The number of carbonyl (C=O) groups is 3. The van der Waals surface area contributed by atoms with Crippen molar-refractivity contribution in [2.45, 2.75) is 26.4 Å². The molecule has 1 amide bonds. The van der Waals surface area contributed by atoms with Crippen LogP contribution in [0, 0.1) is 0 Å². The van der Waals surface area contributed by atoms with Crippen LogP contribution in [0.1, 0.15) is 51.8 Å². The Kier molecular flexibility index (Phi) is 4.46. The second-order valence-electron chi connectivity index (χ2n) is 5.02. The van der Waals surface area contributed by atoms with Crippen LogP contribution in [-0.4, -0.2) is 28.9 Å². The van der Waals surface area contributed by atoms with Crippen molar-refractivity contribution in [3.63, 3.8) is 0 Å². The molecule has 0 saturated heterocycles. The Balaban J connectivity index is 3.47. The predicted octanol–water partition coefficient (Wildman–Crippen LogP) is 0.764. The molecular weight excluding hydrogens is 264 g/mol. The number of hydrazine groups is 1. The van der Waals surface area contributed by atoms with Gasteiger partial charge in [0.15, 0.2) is 6.29 Å². The normalized spacial score (nSPS) is 10.8. The highest BCUT2D eigenvalue weighted by molar-refractivity contribution is 6.11. The predicted molar refractivity (Wildman–Crippen MR) is 70.3 cm³/mol. The van der Waals surface area contributed by atoms with Gasteiger partial charge in [-0.15, -0.1) is 0 Å². The number of rotatable bonds is 3. The Morgan fingerprint density at radius 3 is 2.35 bits per heavy atom. The molecule has 0 heterocycles. The van der Waals surface area contributed by atoms with E-state index in [0.717, 1.165) is 6.07 Å². The molecule has 0 saturated carbocycles. The summed E-state index contributed by atoms with van der Waals surface area (Å²) in [5.41, 5.74) is 0.207. The lowest BCUT2D eigenvalue weighted by Crippen LogP contribution is -2.33. The fourth-order valence-corrected chi connectivity index (χ4v) is 1.56. The fraction of sp³-hybridized carbons (Fsp3) is 0.308. The van der Waals surface area contributed by atoms with Gasteiger partial charge in [0.2, 0.25) is 0 Å². The second kappa shape index (κ2) is 5.70. The average molecular weight is 280 g/mol. The summed E-state index contributed by atoms with van der Waals surface area (Å²) in [4.78, 5) is 34.8. The lowest BCUT2D eigenvalue weighted by atomic mass is 9.99. The van der Waals surface area contributed by atoms with E-state index in [2.05, 4.69) is 0 Å². The number of aromatic hydroxyl groups is 1. The highest BCUT2D eigenvalue weighted by Crippen LogP contribution is 2.26. The number of phenolic OH excluding ortho intramolecular Hbond substituents is 1. The minimum absolute atomic E-state index is 0.0772. The largest absolute Gasteiger partial charge is 0.507 e. The van der Waals surface area contributed by atoms with Crippen molar-refractivity contribution in [2.75, 3.05) is 0 Å². The molecule has 0 unspecified atom stereocenters. The van der Waals surface area contributed by atoms with E-state index in [4.69, 9.17) is 10.6 Å². The van der Waals surface area contributed by atoms with Gasteiger partial charge < -0.3 is 9.84 Å². The van der Waals surface area contributed by atoms with Gasteiger partial charge in [-0.25, -0.2) is 10.6 Å². The monoisotopic (exact) mass is 280 g/mol. The molecule has 0 fully saturated rings. The SMILES string of the molecule is CC(C)(C)OC(=O)c1c(O)ccc(C=O)c1C(=O)NN. The molecule has 20 heavy (non-hydrogen) atoms. The van der Waals surface area contributed by atoms with Crippen LogP contribution in [-0.2, 0) is 4.74 Å². The van der Waals surface area contributed by atoms with Crippen molar-refractivity contribution in [3.05, 3.63) is 28.8 Å². The summed E-state index contributed by atoms with van der Waals surface area (Å²) in [7, 11) is 0. The van der Waals surface area contributed by atoms with Gasteiger partial charge in [-0.3, -0.25) is 15.0 Å².